The first kappa shape index (κ1) is 18.4. The molecule has 0 fully saturated rings. The first-order chi connectivity index (χ1) is 10.9. The highest BCUT2D eigenvalue weighted by atomic mass is 79.9. The number of ether oxygens (including phenoxy) is 1. The molecule has 0 radical (unpaired) electrons. The molecule has 0 spiro atoms. The number of benzene rings is 2. The predicted octanol–water partition coefficient (Wildman–Crippen LogP) is 3.94. The van der Waals surface area contributed by atoms with Gasteiger partial charge in [0.2, 0.25) is 10.0 Å². The molecule has 0 aliphatic carbocycles. The minimum Gasteiger partial charge on any atom is -0.383 e. The van der Waals surface area contributed by atoms with E-state index in [9.17, 15) is 8.42 Å². The second-order valence-electron chi connectivity index (χ2n) is 4.89. The Morgan fingerprint density at radius 1 is 1.17 bits per heavy atom. The smallest absolute Gasteiger partial charge is 0.244 e. The van der Waals surface area contributed by atoms with Crippen LogP contribution in [0.25, 0.3) is 0 Å². The number of hydrogen-bond donors (Lipinski definition) is 0. The van der Waals surface area contributed by atoms with Crippen molar-refractivity contribution in [3.63, 3.8) is 0 Å². The molecule has 4 nitrogen and oxygen atoms in total. The summed E-state index contributed by atoms with van der Waals surface area (Å²) in [6.07, 6.45) is 0. The van der Waals surface area contributed by atoms with E-state index in [1.807, 2.05) is 30.3 Å². The second kappa shape index (κ2) is 8.26. The summed E-state index contributed by atoms with van der Waals surface area (Å²) in [5.74, 6) is 0. The van der Waals surface area contributed by atoms with Crippen LogP contribution in [0.1, 0.15) is 5.56 Å². The lowest BCUT2D eigenvalue weighted by atomic mass is 10.2. The van der Waals surface area contributed by atoms with E-state index in [0.29, 0.717) is 6.61 Å². The Hall–Kier alpha value is -0.920. The minimum atomic E-state index is -3.72. The van der Waals surface area contributed by atoms with Crippen molar-refractivity contribution >= 4 is 37.6 Å². The lowest BCUT2D eigenvalue weighted by molar-refractivity contribution is 0.177. The van der Waals surface area contributed by atoms with Gasteiger partial charge in [0.1, 0.15) is 4.90 Å². The van der Waals surface area contributed by atoms with Gasteiger partial charge in [-0.25, -0.2) is 8.42 Å². The van der Waals surface area contributed by atoms with Gasteiger partial charge >= 0.3 is 0 Å². The molecule has 0 saturated heterocycles. The molecular formula is C16H17BrClNO3S. The van der Waals surface area contributed by atoms with Crippen LogP contribution in [0.3, 0.4) is 0 Å². The average molecular weight is 419 g/mol. The van der Waals surface area contributed by atoms with E-state index in [-0.39, 0.29) is 23.0 Å². The van der Waals surface area contributed by atoms with Crippen molar-refractivity contribution in [2.24, 2.45) is 0 Å². The summed E-state index contributed by atoms with van der Waals surface area (Å²) < 4.78 is 33.0. The molecule has 23 heavy (non-hydrogen) atoms. The van der Waals surface area contributed by atoms with Gasteiger partial charge in [-0.3, -0.25) is 0 Å². The first-order valence-electron chi connectivity index (χ1n) is 6.93. The molecule has 0 bridgehead atoms. The molecule has 0 unspecified atom stereocenters. The molecule has 2 rings (SSSR count). The van der Waals surface area contributed by atoms with Gasteiger partial charge in [-0.2, -0.15) is 4.31 Å². The second-order valence-corrected chi connectivity index (χ2v) is 8.12. The standard InChI is InChI=1S/C16H17BrClNO3S/c1-22-10-9-19(12-13-5-3-2-4-6-13)23(20,21)16-8-7-14(17)11-15(16)18/h2-8,11H,9-10,12H2,1H3. The van der Waals surface area contributed by atoms with E-state index in [1.165, 1.54) is 10.4 Å². The summed E-state index contributed by atoms with van der Waals surface area (Å²) in [4.78, 5) is 0.0920. The van der Waals surface area contributed by atoms with Crippen LogP contribution in [0.15, 0.2) is 57.9 Å². The zero-order valence-electron chi connectivity index (χ0n) is 12.6. The number of methoxy groups -OCH3 is 1. The van der Waals surface area contributed by atoms with Crippen molar-refractivity contribution in [2.45, 2.75) is 11.4 Å². The Labute approximate surface area is 150 Å². The highest BCUT2D eigenvalue weighted by Crippen LogP contribution is 2.28. The van der Waals surface area contributed by atoms with Crippen LogP contribution < -0.4 is 0 Å². The van der Waals surface area contributed by atoms with E-state index >= 15 is 0 Å². The molecule has 2 aromatic rings. The zero-order valence-corrected chi connectivity index (χ0v) is 15.7. The van der Waals surface area contributed by atoms with Crippen LogP contribution in [0.4, 0.5) is 0 Å². The van der Waals surface area contributed by atoms with Crippen LogP contribution in [0.2, 0.25) is 5.02 Å². The fourth-order valence-corrected chi connectivity index (χ4v) is 4.51. The third kappa shape index (κ3) is 4.78. The van der Waals surface area contributed by atoms with Gasteiger partial charge in [-0.15, -0.1) is 0 Å². The van der Waals surface area contributed by atoms with E-state index < -0.39 is 10.0 Å². The van der Waals surface area contributed by atoms with Gasteiger partial charge in [-0.05, 0) is 23.8 Å². The molecule has 124 valence electrons. The molecule has 0 atom stereocenters. The number of nitrogens with zero attached hydrogens (tertiary/aromatic N) is 1. The average Bonchev–Trinajstić information content (AvgIpc) is 2.52. The highest BCUT2D eigenvalue weighted by Gasteiger charge is 2.26. The monoisotopic (exact) mass is 417 g/mol. The summed E-state index contributed by atoms with van der Waals surface area (Å²) in [5.41, 5.74) is 0.903. The maximum atomic E-state index is 12.9. The third-order valence-electron chi connectivity index (χ3n) is 3.26. The maximum Gasteiger partial charge on any atom is 0.244 e. The van der Waals surface area contributed by atoms with Crippen molar-refractivity contribution in [3.05, 3.63) is 63.6 Å². The molecule has 7 heteroatoms. The van der Waals surface area contributed by atoms with Gasteiger partial charge in [0.05, 0.1) is 11.6 Å². The SMILES string of the molecule is COCCN(Cc1ccccc1)S(=O)(=O)c1ccc(Br)cc1Cl. The molecule has 0 aliphatic heterocycles. The Kier molecular flexibility index (Phi) is 6.61. The summed E-state index contributed by atoms with van der Waals surface area (Å²) in [6, 6.07) is 14.2. The van der Waals surface area contributed by atoms with Gasteiger partial charge < -0.3 is 4.74 Å². The van der Waals surface area contributed by atoms with Crippen LogP contribution in [0, 0.1) is 0 Å². The fourth-order valence-electron chi connectivity index (χ4n) is 2.09. The van der Waals surface area contributed by atoms with Crippen molar-refractivity contribution < 1.29 is 13.2 Å². The Bertz CT molecular complexity index is 753. The number of halogens is 2. The van der Waals surface area contributed by atoms with Crippen LogP contribution in [0.5, 0.6) is 0 Å². The van der Waals surface area contributed by atoms with Gasteiger partial charge in [0, 0.05) is 24.7 Å². The van der Waals surface area contributed by atoms with Crippen molar-refractivity contribution in [2.75, 3.05) is 20.3 Å². The van der Waals surface area contributed by atoms with Gasteiger partial charge in [-0.1, -0.05) is 57.9 Å². The molecular weight excluding hydrogens is 402 g/mol. The molecule has 0 heterocycles. The van der Waals surface area contributed by atoms with E-state index in [1.54, 1.807) is 19.2 Å². The molecule has 2 aromatic carbocycles. The number of rotatable bonds is 7. The lowest BCUT2D eigenvalue weighted by Gasteiger charge is -2.22. The minimum absolute atomic E-state index is 0.0920. The zero-order chi connectivity index (χ0) is 16.9. The fraction of sp³-hybridized carbons (Fsp3) is 0.250. The van der Waals surface area contributed by atoms with Crippen molar-refractivity contribution in [3.8, 4) is 0 Å². The van der Waals surface area contributed by atoms with E-state index in [4.69, 9.17) is 16.3 Å². The third-order valence-corrected chi connectivity index (χ3v) is 6.08. The number of sulfonamides is 1. The van der Waals surface area contributed by atoms with Gasteiger partial charge in [0.25, 0.3) is 0 Å². The number of hydrogen-bond acceptors (Lipinski definition) is 3. The summed E-state index contributed by atoms with van der Waals surface area (Å²) in [6.45, 7) is 0.819. The summed E-state index contributed by atoms with van der Waals surface area (Å²) >= 11 is 9.41. The quantitative estimate of drug-likeness (QED) is 0.684. The van der Waals surface area contributed by atoms with Gasteiger partial charge in [0.15, 0.2) is 0 Å². The van der Waals surface area contributed by atoms with E-state index in [0.717, 1.165) is 10.0 Å². The topological polar surface area (TPSA) is 46.6 Å². The van der Waals surface area contributed by atoms with Crippen LogP contribution in [-0.2, 0) is 21.3 Å². The Morgan fingerprint density at radius 3 is 2.48 bits per heavy atom. The molecule has 0 amide bonds. The molecule has 0 saturated carbocycles. The first-order valence-corrected chi connectivity index (χ1v) is 9.54. The van der Waals surface area contributed by atoms with E-state index in [2.05, 4.69) is 15.9 Å². The maximum absolute atomic E-state index is 12.9. The molecule has 0 N–H and O–H groups in total. The Balaban J connectivity index is 2.36. The molecule has 0 aliphatic rings. The normalized spacial score (nSPS) is 11.8. The van der Waals surface area contributed by atoms with Crippen molar-refractivity contribution in [1.82, 2.24) is 4.31 Å². The predicted molar refractivity (Wildman–Crippen MR) is 95.1 cm³/mol. The highest BCUT2D eigenvalue weighted by molar-refractivity contribution is 9.10. The molecule has 0 aromatic heterocycles. The lowest BCUT2D eigenvalue weighted by Crippen LogP contribution is -2.33. The summed E-state index contributed by atoms with van der Waals surface area (Å²) in [5, 5.41) is 0.190. The largest absolute Gasteiger partial charge is 0.383 e. The summed E-state index contributed by atoms with van der Waals surface area (Å²) in [7, 11) is -2.18. The van der Waals surface area contributed by atoms with Crippen LogP contribution >= 0.6 is 27.5 Å². The Morgan fingerprint density at radius 2 is 1.87 bits per heavy atom. The van der Waals surface area contributed by atoms with Crippen molar-refractivity contribution in [1.29, 1.82) is 0 Å². The van der Waals surface area contributed by atoms with Crippen LogP contribution in [-0.4, -0.2) is 33.0 Å².